The number of hydrogen-bond donors (Lipinski definition) is 4. The third-order valence-corrected chi connectivity index (χ3v) is 17.3. The minimum absolute atomic E-state index is 0.0881. The fourth-order valence-corrected chi connectivity index (χ4v) is 13.3. The fourth-order valence-electron chi connectivity index (χ4n) is 12.1. The Balaban J connectivity index is 0.000000214. The van der Waals surface area contributed by atoms with Crippen LogP contribution in [0.3, 0.4) is 0 Å². The van der Waals surface area contributed by atoms with Gasteiger partial charge in [-0.15, -0.1) is 0 Å². The Hall–Kier alpha value is -3.14. The lowest BCUT2D eigenvalue weighted by Crippen LogP contribution is -2.32. The molecule has 0 aliphatic heterocycles. The first-order chi connectivity index (χ1) is 29.4. The minimum atomic E-state index is -3.44. The molecule has 1 aromatic carbocycles. The minimum Gasteiger partial charge on any atom is -0.393 e. The largest absolute Gasteiger partial charge is 0.393 e. The maximum atomic E-state index is 13.2. The molecule has 4 saturated carbocycles. The Morgan fingerprint density at radius 3 is 1.53 bits per heavy atom. The van der Waals surface area contributed by atoms with Crippen LogP contribution < -0.4 is 0 Å². The average Bonchev–Trinajstić information content (AvgIpc) is 3.77. The Kier molecular flexibility index (Phi) is 16.2. The molecule has 0 radical (unpaired) electrons. The lowest BCUT2D eigenvalue weighted by Gasteiger charge is -2.42. The van der Waals surface area contributed by atoms with E-state index in [1.165, 1.54) is 42.1 Å². The summed E-state index contributed by atoms with van der Waals surface area (Å²) in [6.45, 7) is 12.5. The van der Waals surface area contributed by atoms with Crippen molar-refractivity contribution in [3.05, 3.63) is 123 Å². The molecule has 0 aromatic heterocycles. The lowest BCUT2D eigenvalue weighted by molar-refractivity contribution is 0.0602. The number of aliphatic hydroxyl groups excluding tert-OH is 4. The van der Waals surface area contributed by atoms with Crippen LogP contribution in [0.5, 0.6) is 0 Å². The summed E-state index contributed by atoms with van der Waals surface area (Å²) in [5, 5.41) is 39.8. The number of benzene rings is 1. The van der Waals surface area contributed by atoms with Crippen LogP contribution in [0.4, 0.5) is 4.39 Å². The molecule has 10 atom stereocenters. The molecule has 0 bridgehead atoms. The first-order valence-electron chi connectivity index (χ1n) is 23.6. The Morgan fingerprint density at radius 2 is 1.11 bits per heavy atom. The van der Waals surface area contributed by atoms with Crippen LogP contribution in [0, 0.1) is 34.5 Å². The van der Waals surface area contributed by atoms with Crippen molar-refractivity contribution in [2.24, 2.45) is 34.5 Å². The summed E-state index contributed by atoms with van der Waals surface area (Å²) in [5.74, 6) is 1.59. The van der Waals surface area contributed by atoms with Gasteiger partial charge in [-0.1, -0.05) is 128 Å². The van der Waals surface area contributed by atoms with Gasteiger partial charge in [0.1, 0.15) is 0 Å². The Morgan fingerprint density at radius 1 is 0.694 bits per heavy atom. The molecule has 1 aromatic rings. The van der Waals surface area contributed by atoms with E-state index >= 15 is 0 Å². The van der Waals surface area contributed by atoms with E-state index in [9.17, 15) is 33.2 Å². The second-order valence-corrected chi connectivity index (χ2v) is 22.3. The number of hydrogen-bond acceptors (Lipinski definition) is 6. The molecule has 0 spiro atoms. The van der Waals surface area contributed by atoms with E-state index in [0.717, 1.165) is 56.1 Å². The van der Waals surface area contributed by atoms with Crippen molar-refractivity contribution in [3.8, 4) is 0 Å². The van der Waals surface area contributed by atoms with E-state index < -0.39 is 34.3 Å². The zero-order valence-electron chi connectivity index (χ0n) is 38.3. The van der Waals surface area contributed by atoms with E-state index in [-0.39, 0.29) is 22.6 Å². The maximum absolute atomic E-state index is 13.2. The molecule has 4 fully saturated rings. The van der Waals surface area contributed by atoms with E-state index in [1.54, 1.807) is 37.3 Å². The van der Waals surface area contributed by atoms with Crippen molar-refractivity contribution in [1.82, 2.24) is 0 Å². The standard InChI is InChI=1S/C30H40O4S.C24H35FO2/c1-21(11-12-22(2)35(33,34)27-9-5-4-6-10-27)28-15-16-29-24(8-7-17-30(28,29)3)14-13-23-18-25(31)20-26(32)19-23;1-16(6-7-17(2)25)22-10-11-23-19(5-4-12-24(22,23)3)9-8-18-13-20(26)15-21(27)14-18/h4-6,9-10,12-15,21,25-26,29,31-32H,7-8,11,16-20H2,1-3H3;7-10,16,20-21,23,26-27H,4-6,11-15H2,1-3H3/b22-12-,24-14+;17-7-,19-9+/t21-,25-,26-,29+,30-;16-,20-,21-,23+,24-/m11/s1. The molecule has 0 saturated heterocycles. The highest BCUT2D eigenvalue weighted by molar-refractivity contribution is 7.95. The van der Waals surface area contributed by atoms with Crippen molar-refractivity contribution >= 4 is 9.84 Å². The Labute approximate surface area is 372 Å². The first-order valence-corrected chi connectivity index (χ1v) is 25.1. The number of halogens is 1. The number of fused-ring (bicyclic) bond motifs is 2. The molecule has 0 amide bonds. The van der Waals surface area contributed by atoms with Gasteiger partial charge < -0.3 is 20.4 Å². The number of rotatable bonds is 10. The van der Waals surface area contributed by atoms with Gasteiger partial charge in [0.05, 0.1) is 35.1 Å². The van der Waals surface area contributed by atoms with Crippen molar-refractivity contribution < 1.29 is 33.2 Å². The van der Waals surface area contributed by atoms with Gasteiger partial charge in [-0.25, -0.2) is 12.8 Å². The van der Waals surface area contributed by atoms with Crippen molar-refractivity contribution in [2.75, 3.05) is 0 Å². The van der Waals surface area contributed by atoms with Gasteiger partial charge in [0.15, 0.2) is 0 Å². The van der Waals surface area contributed by atoms with Crippen LogP contribution in [0.25, 0.3) is 0 Å². The molecule has 62 heavy (non-hydrogen) atoms. The van der Waals surface area contributed by atoms with Gasteiger partial charge in [0, 0.05) is 4.91 Å². The predicted molar refractivity (Wildman–Crippen MR) is 250 cm³/mol. The molecule has 6 nitrogen and oxygen atoms in total. The third kappa shape index (κ3) is 11.4. The Bertz CT molecular complexity index is 2080. The van der Waals surface area contributed by atoms with Crippen LogP contribution in [0.15, 0.2) is 128 Å². The zero-order valence-corrected chi connectivity index (χ0v) is 39.1. The van der Waals surface area contributed by atoms with Crippen molar-refractivity contribution in [3.63, 3.8) is 0 Å². The highest BCUT2D eigenvalue weighted by atomic mass is 32.2. The predicted octanol–water partition coefficient (Wildman–Crippen LogP) is 12.1. The summed E-state index contributed by atoms with van der Waals surface area (Å²) in [4.78, 5) is 0.770. The molecule has 0 unspecified atom stereocenters. The first kappa shape index (κ1) is 48.3. The van der Waals surface area contributed by atoms with Crippen LogP contribution in [-0.2, 0) is 9.84 Å². The van der Waals surface area contributed by atoms with Gasteiger partial charge in [-0.05, 0) is 163 Å². The highest BCUT2D eigenvalue weighted by Crippen LogP contribution is 2.58. The maximum Gasteiger partial charge on any atom is 0.202 e. The summed E-state index contributed by atoms with van der Waals surface area (Å²) < 4.78 is 39.0. The second kappa shape index (κ2) is 20.8. The molecule has 6 aliphatic carbocycles. The molecular weight excluding hydrogens is 796 g/mol. The van der Waals surface area contributed by atoms with Crippen LogP contribution in [0.1, 0.15) is 144 Å². The van der Waals surface area contributed by atoms with Crippen molar-refractivity contribution in [2.45, 2.75) is 174 Å². The second-order valence-electron chi connectivity index (χ2n) is 20.2. The zero-order chi connectivity index (χ0) is 44.8. The van der Waals surface area contributed by atoms with E-state index in [1.807, 2.05) is 12.1 Å². The monoisotopic (exact) mass is 871 g/mol. The third-order valence-electron chi connectivity index (χ3n) is 15.4. The molecule has 8 heteroatoms. The van der Waals surface area contributed by atoms with E-state index in [0.29, 0.717) is 72.5 Å². The van der Waals surface area contributed by atoms with Crippen LogP contribution >= 0.6 is 0 Å². The quantitative estimate of drug-likeness (QED) is 0.174. The molecule has 0 heterocycles. The SMILES string of the molecule is C/C(=C/C[C@@H](C)C1=CC[C@H]2/C(=C/C=C3C[C@@H](O)C[C@H](O)C3)CCC[C@]12C)S(=O)(=O)c1ccccc1.C/C(F)=C/C[C@@H](C)C1=CC[C@H]2/C(=C/C=C3C[C@@H](O)C[C@H](O)C3)CCC[C@]12C. The summed E-state index contributed by atoms with van der Waals surface area (Å²) in [7, 11) is -3.44. The smallest absolute Gasteiger partial charge is 0.202 e. The normalized spacial score (nSPS) is 34.1. The summed E-state index contributed by atoms with van der Waals surface area (Å²) in [6.07, 6.45) is 29.7. The van der Waals surface area contributed by atoms with Crippen molar-refractivity contribution in [1.29, 1.82) is 0 Å². The van der Waals surface area contributed by atoms with Gasteiger partial charge >= 0.3 is 0 Å². The van der Waals surface area contributed by atoms with Gasteiger partial charge in [-0.2, -0.15) is 0 Å². The van der Waals surface area contributed by atoms with Gasteiger partial charge in [-0.3, -0.25) is 0 Å². The number of aliphatic hydroxyl groups is 4. The molecular formula is C54H75FO6S. The topological polar surface area (TPSA) is 115 Å². The number of sulfone groups is 1. The van der Waals surface area contributed by atoms with Gasteiger partial charge in [0.25, 0.3) is 0 Å². The highest BCUT2D eigenvalue weighted by Gasteiger charge is 2.47. The lowest BCUT2D eigenvalue weighted by atomic mass is 9.62. The summed E-state index contributed by atoms with van der Waals surface area (Å²) in [6, 6.07) is 8.66. The van der Waals surface area contributed by atoms with Crippen LogP contribution in [0.2, 0.25) is 0 Å². The molecule has 340 valence electrons. The molecule has 7 rings (SSSR count). The van der Waals surface area contributed by atoms with Crippen LogP contribution in [-0.4, -0.2) is 53.3 Å². The summed E-state index contributed by atoms with van der Waals surface area (Å²) in [5.41, 5.74) is 8.52. The average molecular weight is 871 g/mol. The summed E-state index contributed by atoms with van der Waals surface area (Å²) >= 11 is 0. The molecule has 4 N–H and O–H groups in total. The van der Waals surface area contributed by atoms with E-state index in [2.05, 4.69) is 64.2 Å². The fraction of sp³-hybridized carbons (Fsp3) is 0.593. The number of allylic oxidation sites excluding steroid dienone is 14. The van der Waals surface area contributed by atoms with Gasteiger partial charge in [0.2, 0.25) is 9.84 Å². The van der Waals surface area contributed by atoms with E-state index in [4.69, 9.17) is 0 Å². The molecule has 6 aliphatic rings.